The van der Waals surface area contributed by atoms with Crippen LogP contribution in [0.15, 0.2) is 48.7 Å². The zero-order valence-electron chi connectivity index (χ0n) is 18.9. The molecule has 0 saturated carbocycles. The number of aromatic nitrogens is 2. The molecule has 2 aromatic carbocycles. The van der Waals surface area contributed by atoms with E-state index in [1.165, 1.54) is 37.4 Å². The quantitative estimate of drug-likeness (QED) is 0.523. The number of hydrogen-bond donors (Lipinski definition) is 2. The summed E-state index contributed by atoms with van der Waals surface area (Å²) in [5, 5.41) is 3.74. The number of hydrogen-bond acceptors (Lipinski definition) is 5. The van der Waals surface area contributed by atoms with E-state index in [1.807, 2.05) is 19.3 Å². The van der Waals surface area contributed by atoms with Gasteiger partial charge in [0.2, 0.25) is 0 Å². The van der Waals surface area contributed by atoms with E-state index < -0.39 is 29.2 Å². The lowest BCUT2D eigenvalue weighted by Crippen LogP contribution is -2.42. The SMILES string of the molecule is COc1cc(C(=O)NNC(=O)c2cnn(-c3ccc(C)cc3)c2C(F)(F)F)ccc1OC(C)C. The fraction of sp³-hybridized carbons (Fsp3) is 0.261. The van der Waals surface area contributed by atoms with E-state index in [-0.39, 0.29) is 23.1 Å². The minimum Gasteiger partial charge on any atom is -0.493 e. The molecule has 0 atom stereocenters. The van der Waals surface area contributed by atoms with Gasteiger partial charge in [-0.05, 0) is 51.1 Å². The Bertz CT molecular complexity index is 1190. The Labute approximate surface area is 193 Å². The lowest BCUT2D eigenvalue weighted by molar-refractivity contribution is -0.143. The summed E-state index contributed by atoms with van der Waals surface area (Å²) in [6.07, 6.45) is -4.21. The first-order valence-corrected chi connectivity index (χ1v) is 10.2. The van der Waals surface area contributed by atoms with Crippen LogP contribution in [0.2, 0.25) is 0 Å². The number of alkyl halides is 3. The van der Waals surface area contributed by atoms with Crippen molar-refractivity contribution in [1.29, 1.82) is 0 Å². The summed E-state index contributed by atoms with van der Waals surface area (Å²) in [6.45, 7) is 5.44. The smallest absolute Gasteiger partial charge is 0.434 e. The van der Waals surface area contributed by atoms with Gasteiger partial charge in [0.1, 0.15) is 0 Å². The van der Waals surface area contributed by atoms with Gasteiger partial charge in [-0.15, -0.1) is 0 Å². The molecule has 0 aliphatic rings. The monoisotopic (exact) mass is 476 g/mol. The predicted octanol–water partition coefficient (Wildman–Crippen LogP) is 4.07. The zero-order valence-corrected chi connectivity index (χ0v) is 18.9. The van der Waals surface area contributed by atoms with E-state index >= 15 is 0 Å². The highest BCUT2D eigenvalue weighted by Gasteiger charge is 2.40. The molecule has 0 aliphatic heterocycles. The summed E-state index contributed by atoms with van der Waals surface area (Å²) in [4.78, 5) is 25.0. The number of carbonyl (C=O) groups excluding carboxylic acids is 2. The van der Waals surface area contributed by atoms with Crippen molar-refractivity contribution in [1.82, 2.24) is 20.6 Å². The van der Waals surface area contributed by atoms with E-state index in [0.29, 0.717) is 10.4 Å². The van der Waals surface area contributed by atoms with Crippen LogP contribution in [0, 0.1) is 6.92 Å². The lowest BCUT2D eigenvalue weighted by Gasteiger charge is -2.15. The Kier molecular flexibility index (Phi) is 7.14. The number of rotatable bonds is 6. The number of nitrogens with one attached hydrogen (secondary N) is 2. The number of aryl methyl sites for hydroxylation is 1. The number of methoxy groups -OCH3 is 1. The molecule has 3 aromatic rings. The summed E-state index contributed by atoms with van der Waals surface area (Å²) >= 11 is 0. The predicted molar refractivity (Wildman–Crippen MR) is 117 cm³/mol. The molecule has 180 valence electrons. The molecule has 2 N–H and O–H groups in total. The van der Waals surface area contributed by atoms with E-state index in [4.69, 9.17) is 9.47 Å². The van der Waals surface area contributed by atoms with Crippen molar-refractivity contribution in [3.8, 4) is 17.2 Å². The van der Waals surface area contributed by atoms with Gasteiger partial charge in [0.15, 0.2) is 17.2 Å². The molecular weight excluding hydrogens is 453 g/mol. The second-order valence-electron chi connectivity index (χ2n) is 7.59. The van der Waals surface area contributed by atoms with Gasteiger partial charge in [0.25, 0.3) is 11.8 Å². The highest BCUT2D eigenvalue weighted by Crippen LogP contribution is 2.34. The number of hydrazine groups is 1. The van der Waals surface area contributed by atoms with Gasteiger partial charge in [-0.3, -0.25) is 20.4 Å². The number of carbonyl (C=O) groups is 2. The molecule has 1 aromatic heterocycles. The third-order valence-electron chi connectivity index (χ3n) is 4.64. The maximum absolute atomic E-state index is 13.8. The molecule has 0 bridgehead atoms. The minimum absolute atomic E-state index is 0.0969. The number of nitrogens with zero attached hydrogens (tertiary/aromatic N) is 2. The molecule has 0 fully saturated rings. The fourth-order valence-corrected chi connectivity index (χ4v) is 3.08. The molecule has 0 radical (unpaired) electrons. The van der Waals surface area contributed by atoms with Crippen LogP contribution in [-0.2, 0) is 6.18 Å². The maximum atomic E-state index is 13.8. The van der Waals surface area contributed by atoms with Gasteiger partial charge in [0.05, 0.1) is 30.7 Å². The van der Waals surface area contributed by atoms with Crippen molar-refractivity contribution in [2.75, 3.05) is 7.11 Å². The summed E-state index contributed by atoms with van der Waals surface area (Å²) in [7, 11) is 1.40. The van der Waals surface area contributed by atoms with Crippen LogP contribution in [0.3, 0.4) is 0 Å². The Balaban J connectivity index is 1.80. The summed E-state index contributed by atoms with van der Waals surface area (Å²) in [6, 6.07) is 10.5. The summed E-state index contributed by atoms with van der Waals surface area (Å²) in [5.41, 5.74) is 3.19. The van der Waals surface area contributed by atoms with Crippen molar-refractivity contribution < 1.29 is 32.2 Å². The number of amides is 2. The second-order valence-corrected chi connectivity index (χ2v) is 7.59. The number of halogens is 3. The third kappa shape index (κ3) is 5.48. The maximum Gasteiger partial charge on any atom is 0.434 e. The van der Waals surface area contributed by atoms with Gasteiger partial charge >= 0.3 is 6.18 Å². The van der Waals surface area contributed by atoms with Crippen molar-refractivity contribution in [3.63, 3.8) is 0 Å². The van der Waals surface area contributed by atoms with Gasteiger partial charge in [-0.1, -0.05) is 17.7 Å². The number of benzene rings is 2. The molecule has 0 saturated heterocycles. The molecule has 11 heteroatoms. The Morgan fingerprint density at radius 3 is 2.24 bits per heavy atom. The normalized spacial score (nSPS) is 11.3. The van der Waals surface area contributed by atoms with Crippen molar-refractivity contribution in [2.45, 2.75) is 33.1 Å². The molecule has 3 rings (SSSR count). The Morgan fingerprint density at radius 2 is 1.65 bits per heavy atom. The van der Waals surface area contributed by atoms with E-state index in [2.05, 4.69) is 10.5 Å². The largest absolute Gasteiger partial charge is 0.493 e. The molecule has 1 heterocycles. The van der Waals surface area contributed by atoms with Crippen LogP contribution in [0.1, 0.15) is 45.8 Å². The molecule has 2 amide bonds. The molecule has 8 nitrogen and oxygen atoms in total. The second kappa shape index (κ2) is 9.86. The molecule has 0 spiro atoms. The summed E-state index contributed by atoms with van der Waals surface area (Å²) in [5.74, 6) is -1.24. The van der Waals surface area contributed by atoms with Gasteiger partial charge in [-0.2, -0.15) is 18.3 Å². The first-order valence-electron chi connectivity index (χ1n) is 10.2. The average molecular weight is 476 g/mol. The van der Waals surface area contributed by atoms with Gasteiger partial charge in [0, 0.05) is 5.56 Å². The van der Waals surface area contributed by atoms with Crippen LogP contribution in [0.25, 0.3) is 5.69 Å². The minimum atomic E-state index is -4.88. The van der Waals surface area contributed by atoms with E-state index in [1.54, 1.807) is 19.1 Å². The average Bonchev–Trinajstić information content (AvgIpc) is 3.23. The van der Waals surface area contributed by atoms with Crippen molar-refractivity contribution in [3.05, 3.63) is 71.0 Å². The van der Waals surface area contributed by atoms with Gasteiger partial charge < -0.3 is 9.47 Å². The topological polar surface area (TPSA) is 94.5 Å². The third-order valence-corrected chi connectivity index (χ3v) is 4.64. The molecule has 0 unspecified atom stereocenters. The standard InChI is InChI=1S/C23H23F3N4O4/c1-13(2)34-18-10-7-15(11-19(18)33-4)21(31)28-29-22(32)17-12-27-30(20(17)23(24,25)26)16-8-5-14(3)6-9-16/h5-13H,1-4H3,(H,28,31)(H,29,32). The van der Waals surface area contributed by atoms with Gasteiger partial charge in [-0.25, -0.2) is 4.68 Å². The zero-order chi connectivity index (χ0) is 25.0. The Hall–Kier alpha value is -4.02. The highest BCUT2D eigenvalue weighted by molar-refractivity contribution is 6.00. The van der Waals surface area contributed by atoms with Crippen molar-refractivity contribution in [2.24, 2.45) is 0 Å². The summed E-state index contributed by atoms with van der Waals surface area (Å²) < 4.78 is 52.8. The molecule has 34 heavy (non-hydrogen) atoms. The fourth-order valence-electron chi connectivity index (χ4n) is 3.08. The van der Waals surface area contributed by atoms with Crippen LogP contribution in [0.4, 0.5) is 13.2 Å². The van der Waals surface area contributed by atoms with Crippen LogP contribution >= 0.6 is 0 Å². The van der Waals surface area contributed by atoms with E-state index in [9.17, 15) is 22.8 Å². The van der Waals surface area contributed by atoms with Crippen LogP contribution in [-0.4, -0.2) is 34.8 Å². The lowest BCUT2D eigenvalue weighted by atomic mass is 10.2. The first kappa shape index (κ1) is 24.6. The highest BCUT2D eigenvalue weighted by atomic mass is 19.4. The van der Waals surface area contributed by atoms with E-state index in [0.717, 1.165) is 11.8 Å². The van der Waals surface area contributed by atoms with Crippen LogP contribution < -0.4 is 20.3 Å². The molecular formula is C23H23F3N4O4. The van der Waals surface area contributed by atoms with Crippen molar-refractivity contribution >= 4 is 11.8 Å². The Morgan fingerprint density at radius 1 is 1.00 bits per heavy atom. The van der Waals surface area contributed by atoms with Crippen LogP contribution in [0.5, 0.6) is 11.5 Å². The number of ether oxygens (including phenoxy) is 2. The first-order chi connectivity index (χ1) is 16.0. The molecule has 0 aliphatic carbocycles.